The molecule has 1 saturated heterocycles. The van der Waals surface area contributed by atoms with Crippen LogP contribution in [0, 0.1) is 0 Å². The Labute approximate surface area is 120 Å². The zero-order chi connectivity index (χ0) is 13.8. The molecule has 2 unspecified atom stereocenters. The maximum absolute atomic E-state index is 6.37. The van der Waals surface area contributed by atoms with E-state index in [-0.39, 0.29) is 6.04 Å². The third kappa shape index (κ3) is 3.41. The van der Waals surface area contributed by atoms with Crippen molar-refractivity contribution in [1.82, 2.24) is 0 Å². The average molecular weight is 283 g/mol. The lowest BCUT2D eigenvalue weighted by atomic mass is 10.0. The van der Waals surface area contributed by atoms with Crippen molar-refractivity contribution in [3.05, 3.63) is 28.8 Å². The van der Waals surface area contributed by atoms with Crippen LogP contribution in [0.25, 0.3) is 0 Å². The Kier molecular flexibility index (Phi) is 5.08. The van der Waals surface area contributed by atoms with Gasteiger partial charge in [0, 0.05) is 23.3 Å². The van der Waals surface area contributed by atoms with Crippen molar-refractivity contribution < 1.29 is 4.74 Å². The average Bonchev–Trinajstić information content (AvgIpc) is 2.40. The summed E-state index contributed by atoms with van der Waals surface area (Å²) in [5, 5.41) is 0.816. The van der Waals surface area contributed by atoms with Gasteiger partial charge in [0.25, 0.3) is 0 Å². The fourth-order valence-corrected chi connectivity index (χ4v) is 2.90. The van der Waals surface area contributed by atoms with Gasteiger partial charge in [-0.3, -0.25) is 0 Å². The molecule has 2 atom stereocenters. The van der Waals surface area contributed by atoms with E-state index in [2.05, 4.69) is 17.9 Å². The van der Waals surface area contributed by atoms with Gasteiger partial charge in [-0.2, -0.15) is 0 Å². The molecule has 1 aliphatic heterocycles. The number of halogens is 1. The maximum Gasteiger partial charge on any atom is 0.0670 e. The highest BCUT2D eigenvalue weighted by Crippen LogP contribution is 2.31. The van der Waals surface area contributed by atoms with Crippen LogP contribution in [0.4, 0.5) is 5.69 Å². The first kappa shape index (κ1) is 14.6. The summed E-state index contributed by atoms with van der Waals surface area (Å²) in [4.78, 5) is 2.42. The van der Waals surface area contributed by atoms with E-state index in [1.807, 2.05) is 19.1 Å². The van der Waals surface area contributed by atoms with Gasteiger partial charge in [0.15, 0.2) is 0 Å². The third-order valence-corrected chi connectivity index (χ3v) is 3.98. The Hall–Kier alpha value is -0.770. The van der Waals surface area contributed by atoms with Gasteiger partial charge < -0.3 is 15.4 Å². The minimum absolute atomic E-state index is 0.111. The van der Waals surface area contributed by atoms with E-state index in [1.54, 1.807) is 0 Å². The Morgan fingerprint density at radius 3 is 3.00 bits per heavy atom. The van der Waals surface area contributed by atoms with Gasteiger partial charge in [0.05, 0.1) is 19.3 Å². The molecule has 4 heteroatoms. The summed E-state index contributed by atoms with van der Waals surface area (Å²) < 4.78 is 5.58. The van der Waals surface area contributed by atoms with Gasteiger partial charge in [-0.05, 0) is 37.5 Å². The molecule has 1 aromatic rings. The smallest absolute Gasteiger partial charge is 0.0670 e. The monoisotopic (exact) mass is 282 g/mol. The summed E-state index contributed by atoms with van der Waals surface area (Å²) in [6, 6.07) is 6.66. The Bertz CT molecular complexity index is 423. The van der Waals surface area contributed by atoms with Crippen LogP contribution in [-0.4, -0.2) is 31.8 Å². The number of hydrogen-bond acceptors (Lipinski definition) is 3. The molecule has 1 fully saturated rings. The van der Waals surface area contributed by atoms with Crippen molar-refractivity contribution in [3.63, 3.8) is 0 Å². The predicted molar refractivity (Wildman–Crippen MR) is 81.0 cm³/mol. The normalized spacial score (nSPS) is 21.5. The van der Waals surface area contributed by atoms with Gasteiger partial charge in [-0.15, -0.1) is 0 Å². The second-order valence-corrected chi connectivity index (χ2v) is 5.66. The second-order valence-electron chi connectivity index (χ2n) is 5.25. The predicted octanol–water partition coefficient (Wildman–Crippen LogP) is 2.84. The lowest BCUT2D eigenvalue weighted by Gasteiger charge is -2.38. The minimum atomic E-state index is 0.111. The standard InChI is InChI=1S/C15H23ClN2O/c1-3-12-10-19-8-7-18(12)15-6-4-5-14(16)13(15)9-11(2)17/h4-6,11-12H,3,7-10,17H2,1-2H3. The molecule has 0 radical (unpaired) electrons. The molecule has 2 N–H and O–H groups in total. The van der Waals surface area contributed by atoms with Crippen LogP contribution < -0.4 is 10.6 Å². The first-order chi connectivity index (χ1) is 9.13. The molecule has 0 amide bonds. The summed E-state index contributed by atoms with van der Waals surface area (Å²) >= 11 is 6.37. The van der Waals surface area contributed by atoms with Crippen molar-refractivity contribution in [3.8, 4) is 0 Å². The molecule has 19 heavy (non-hydrogen) atoms. The van der Waals surface area contributed by atoms with Crippen LogP contribution in [0.5, 0.6) is 0 Å². The summed E-state index contributed by atoms with van der Waals surface area (Å²) in [6.07, 6.45) is 1.88. The summed E-state index contributed by atoms with van der Waals surface area (Å²) in [5.41, 5.74) is 8.35. The van der Waals surface area contributed by atoms with E-state index < -0.39 is 0 Å². The fourth-order valence-electron chi connectivity index (χ4n) is 2.65. The van der Waals surface area contributed by atoms with Crippen LogP contribution in [0.2, 0.25) is 5.02 Å². The fraction of sp³-hybridized carbons (Fsp3) is 0.600. The quantitative estimate of drug-likeness (QED) is 0.923. The van der Waals surface area contributed by atoms with E-state index in [0.29, 0.717) is 6.04 Å². The number of nitrogens with two attached hydrogens (primary N) is 1. The maximum atomic E-state index is 6.37. The highest BCUT2D eigenvalue weighted by atomic mass is 35.5. The molecular weight excluding hydrogens is 260 g/mol. The molecule has 2 rings (SSSR count). The molecule has 0 spiro atoms. The third-order valence-electron chi connectivity index (χ3n) is 3.63. The molecule has 0 saturated carbocycles. The van der Waals surface area contributed by atoms with E-state index in [4.69, 9.17) is 22.1 Å². The van der Waals surface area contributed by atoms with Crippen LogP contribution in [0.1, 0.15) is 25.8 Å². The Morgan fingerprint density at radius 2 is 2.32 bits per heavy atom. The molecule has 0 aromatic heterocycles. The first-order valence-electron chi connectivity index (χ1n) is 7.00. The molecule has 3 nitrogen and oxygen atoms in total. The van der Waals surface area contributed by atoms with Gasteiger partial charge in [-0.1, -0.05) is 24.6 Å². The Balaban J connectivity index is 2.34. The lowest BCUT2D eigenvalue weighted by molar-refractivity contribution is 0.0929. The number of ether oxygens (including phenoxy) is 1. The Morgan fingerprint density at radius 1 is 1.53 bits per heavy atom. The molecule has 0 bridgehead atoms. The van der Waals surface area contributed by atoms with Crippen molar-refractivity contribution >= 4 is 17.3 Å². The largest absolute Gasteiger partial charge is 0.377 e. The summed E-state index contributed by atoms with van der Waals surface area (Å²) in [6.45, 7) is 6.71. The van der Waals surface area contributed by atoms with Crippen LogP contribution in [0.3, 0.4) is 0 Å². The van der Waals surface area contributed by atoms with E-state index in [0.717, 1.165) is 37.6 Å². The minimum Gasteiger partial charge on any atom is -0.377 e. The second kappa shape index (κ2) is 6.60. The van der Waals surface area contributed by atoms with Gasteiger partial charge >= 0.3 is 0 Å². The van der Waals surface area contributed by atoms with Crippen LogP contribution in [-0.2, 0) is 11.2 Å². The number of morpholine rings is 1. The zero-order valence-electron chi connectivity index (χ0n) is 11.7. The zero-order valence-corrected chi connectivity index (χ0v) is 12.5. The number of nitrogens with zero attached hydrogens (tertiary/aromatic N) is 1. The number of hydrogen-bond donors (Lipinski definition) is 1. The van der Waals surface area contributed by atoms with Crippen molar-refractivity contribution in [2.75, 3.05) is 24.7 Å². The summed E-state index contributed by atoms with van der Waals surface area (Å²) in [7, 11) is 0. The SMILES string of the molecule is CCC1COCCN1c1cccc(Cl)c1CC(C)N. The van der Waals surface area contributed by atoms with Crippen LogP contribution >= 0.6 is 11.6 Å². The summed E-state index contributed by atoms with van der Waals surface area (Å²) in [5.74, 6) is 0. The molecule has 1 aliphatic rings. The van der Waals surface area contributed by atoms with Crippen molar-refractivity contribution in [2.24, 2.45) is 5.73 Å². The van der Waals surface area contributed by atoms with E-state index in [9.17, 15) is 0 Å². The topological polar surface area (TPSA) is 38.5 Å². The highest BCUT2D eigenvalue weighted by molar-refractivity contribution is 6.31. The molecule has 0 aliphatic carbocycles. The van der Waals surface area contributed by atoms with Gasteiger partial charge in [-0.25, -0.2) is 0 Å². The van der Waals surface area contributed by atoms with Crippen LogP contribution in [0.15, 0.2) is 18.2 Å². The molecular formula is C15H23ClN2O. The van der Waals surface area contributed by atoms with Crippen molar-refractivity contribution in [2.45, 2.75) is 38.8 Å². The number of rotatable bonds is 4. The van der Waals surface area contributed by atoms with Crippen molar-refractivity contribution in [1.29, 1.82) is 0 Å². The number of anilines is 1. The highest BCUT2D eigenvalue weighted by Gasteiger charge is 2.24. The van der Waals surface area contributed by atoms with E-state index in [1.165, 1.54) is 11.3 Å². The molecule has 1 aromatic carbocycles. The molecule has 1 heterocycles. The first-order valence-corrected chi connectivity index (χ1v) is 7.38. The van der Waals surface area contributed by atoms with Gasteiger partial charge in [0.2, 0.25) is 0 Å². The lowest BCUT2D eigenvalue weighted by Crippen LogP contribution is -2.45. The van der Waals surface area contributed by atoms with E-state index >= 15 is 0 Å². The molecule has 106 valence electrons. The number of benzene rings is 1. The van der Waals surface area contributed by atoms with Gasteiger partial charge in [0.1, 0.15) is 0 Å².